The number of carbonyl (C=O) groups excluding carboxylic acids is 2. The van der Waals surface area contributed by atoms with Crippen LogP contribution in [0.15, 0.2) is 25.3 Å². The predicted molar refractivity (Wildman–Crippen MR) is 79.4 cm³/mol. The summed E-state index contributed by atoms with van der Waals surface area (Å²) in [4.78, 5) is 24.8. The van der Waals surface area contributed by atoms with E-state index in [1.807, 2.05) is 38.0 Å². The Kier molecular flexibility index (Phi) is 14.2. The van der Waals surface area contributed by atoms with Crippen LogP contribution in [0.3, 0.4) is 0 Å². The van der Waals surface area contributed by atoms with Gasteiger partial charge in [-0.15, -0.1) is 0 Å². The summed E-state index contributed by atoms with van der Waals surface area (Å²) >= 11 is 0. The van der Waals surface area contributed by atoms with Gasteiger partial charge >= 0.3 is 11.9 Å². The normalized spacial score (nSPS) is 9.50. The van der Waals surface area contributed by atoms with Crippen molar-refractivity contribution in [2.45, 2.75) is 0 Å². The first kappa shape index (κ1) is 20.7. The molecule has 0 amide bonds. The molecule has 0 spiro atoms. The van der Waals surface area contributed by atoms with Gasteiger partial charge in [-0.05, 0) is 28.2 Å². The van der Waals surface area contributed by atoms with Crippen molar-refractivity contribution in [3.63, 3.8) is 0 Å². The largest absolute Gasteiger partial charge is 0.461 e. The van der Waals surface area contributed by atoms with Crippen molar-refractivity contribution in [3.05, 3.63) is 25.3 Å². The topological polar surface area (TPSA) is 59.1 Å². The third-order valence-electron chi connectivity index (χ3n) is 1.90. The first-order valence-electron chi connectivity index (χ1n) is 6.21. The highest BCUT2D eigenvalue weighted by Crippen LogP contribution is 1.81. The van der Waals surface area contributed by atoms with E-state index in [2.05, 4.69) is 13.2 Å². The Morgan fingerprint density at radius 3 is 1.35 bits per heavy atom. The Labute approximate surface area is 121 Å². The number of ether oxygens (including phenoxy) is 2. The maximum absolute atomic E-state index is 10.4. The Morgan fingerprint density at radius 1 is 0.850 bits per heavy atom. The van der Waals surface area contributed by atoms with Crippen molar-refractivity contribution >= 4 is 11.9 Å². The van der Waals surface area contributed by atoms with Gasteiger partial charge in [0.15, 0.2) is 0 Å². The molecule has 0 heterocycles. The lowest BCUT2D eigenvalue weighted by Crippen LogP contribution is -2.19. The van der Waals surface area contributed by atoms with Gasteiger partial charge in [0, 0.05) is 25.2 Å². The molecule has 0 atom stereocenters. The summed E-state index contributed by atoms with van der Waals surface area (Å²) in [7, 11) is 7.67. The molecule has 0 unspecified atom stereocenters. The highest BCUT2D eigenvalue weighted by Gasteiger charge is 1.95. The molecule has 0 radical (unpaired) electrons. The molecule has 0 aliphatic rings. The highest BCUT2D eigenvalue weighted by molar-refractivity contribution is 5.81. The van der Waals surface area contributed by atoms with E-state index in [1.54, 1.807) is 0 Å². The van der Waals surface area contributed by atoms with E-state index in [9.17, 15) is 9.59 Å². The van der Waals surface area contributed by atoms with Crippen molar-refractivity contribution in [1.82, 2.24) is 9.80 Å². The van der Waals surface area contributed by atoms with Gasteiger partial charge in [0.2, 0.25) is 0 Å². The minimum Gasteiger partial charge on any atom is -0.461 e. The lowest BCUT2D eigenvalue weighted by atomic mass is 10.6. The number of likely N-dealkylation sites (N-methyl/N-ethyl adjacent to an activating group) is 2. The smallest absolute Gasteiger partial charge is 0.330 e. The fourth-order valence-electron chi connectivity index (χ4n) is 0.775. The van der Waals surface area contributed by atoms with Gasteiger partial charge in [0.25, 0.3) is 0 Å². The second-order valence-corrected chi connectivity index (χ2v) is 4.35. The van der Waals surface area contributed by atoms with E-state index < -0.39 is 0 Å². The summed E-state index contributed by atoms with van der Waals surface area (Å²) in [6.45, 7) is 8.90. The second kappa shape index (κ2) is 13.8. The van der Waals surface area contributed by atoms with Crippen molar-refractivity contribution in [2.24, 2.45) is 0 Å². The van der Waals surface area contributed by atoms with Gasteiger partial charge in [0.05, 0.1) is 0 Å². The van der Waals surface area contributed by atoms with Crippen molar-refractivity contribution in [1.29, 1.82) is 0 Å². The molecule has 0 aliphatic carbocycles. The standard InChI is InChI=1S/2C7H13NO2/c2*1-4-7(9)10-6-5-8(2)3/h2*4H,1,5-6H2,2-3H3. The molecule has 0 rings (SSSR count). The molecule has 0 bridgehead atoms. The summed E-state index contributed by atoms with van der Waals surface area (Å²) in [5.74, 6) is -0.719. The van der Waals surface area contributed by atoms with E-state index >= 15 is 0 Å². The van der Waals surface area contributed by atoms with E-state index in [1.165, 1.54) is 0 Å². The van der Waals surface area contributed by atoms with Gasteiger partial charge in [-0.1, -0.05) is 13.2 Å². The molecule has 0 aromatic carbocycles. The number of nitrogens with zero attached hydrogens (tertiary/aromatic N) is 2. The molecule has 0 aliphatic heterocycles. The summed E-state index contributed by atoms with van der Waals surface area (Å²) in [5.41, 5.74) is 0. The summed E-state index contributed by atoms with van der Waals surface area (Å²) in [6, 6.07) is 0. The monoisotopic (exact) mass is 286 g/mol. The molecule has 6 nitrogen and oxygen atoms in total. The quantitative estimate of drug-likeness (QED) is 0.480. The van der Waals surface area contributed by atoms with Crippen LogP contribution in [0.5, 0.6) is 0 Å². The maximum Gasteiger partial charge on any atom is 0.330 e. The van der Waals surface area contributed by atoms with Crippen LogP contribution >= 0.6 is 0 Å². The Balaban J connectivity index is 0. The first-order valence-corrected chi connectivity index (χ1v) is 6.21. The van der Waals surface area contributed by atoms with Crippen LogP contribution in [0.25, 0.3) is 0 Å². The molecule has 0 fully saturated rings. The van der Waals surface area contributed by atoms with E-state index in [4.69, 9.17) is 9.47 Å². The Hall–Kier alpha value is -1.66. The molecule has 0 N–H and O–H groups in total. The third-order valence-corrected chi connectivity index (χ3v) is 1.90. The molecule has 0 saturated carbocycles. The summed E-state index contributed by atoms with van der Waals surface area (Å²) in [5, 5.41) is 0. The molecule has 6 heteroatoms. The van der Waals surface area contributed by atoms with Crippen LogP contribution in [-0.2, 0) is 19.1 Å². The number of hydrogen-bond donors (Lipinski definition) is 0. The minimum atomic E-state index is -0.359. The lowest BCUT2D eigenvalue weighted by Gasteiger charge is -2.07. The van der Waals surface area contributed by atoms with Crippen LogP contribution in [0.1, 0.15) is 0 Å². The zero-order valence-electron chi connectivity index (χ0n) is 12.9. The van der Waals surface area contributed by atoms with Gasteiger partial charge in [-0.25, -0.2) is 9.59 Å². The molecular formula is C14H26N2O4. The van der Waals surface area contributed by atoms with Crippen molar-refractivity contribution < 1.29 is 19.1 Å². The molecule has 0 saturated heterocycles. The SMILES string of the molecule is C=CC(=O)OCCN(C)C.C=CC(=O)OCCN(C)C. The number of esters is 2. The minimum absolute atomic E-state index is 0.359. The molecule has 0 aromatic heterocycles. The van der Waals surface area contributed by atoms with Crippen LogP contribution in [-0.4, -0.2) is 76.2 Å². The van der Waals surface area contributed by atoms with E-state index in [0.717, 1.165) is 25.2 Å². The second-order valence-electron chi connectivity index (χ2n) is 4.35. The lowest BCUT2D eigenvalue weighted by molar-refractivity contribution is -0.138. The molecule has 20 heavy (non-hydrogen) atoms. The Bertz CT molecular complexity index is 272. The number of carbonyl (C=O) groups is 2. The molecule has 116 valence electrons. The van der Waals surface area contributed by atoms with Crippen molar-refractivity contribution in [3.8, 4) is 0 Å². The predicted octanol–water partition coefficient (Wildman–Crippen LogP) is 0.554. The first-order chi connectivity index (χ1) is 9.33. The molecular weight excluding hydrogens is 260 g/mol. The van der Waals surface area contributed by atoms with Crippen LogP contribution in [0, 0.1) is 0 Å². The fraction of sp³-hybridized carbons (Fsp3) is 0.571. The summed E-state index contributed by atoms with van der Waals surface area (Å²) < 4.78 is 9.41. The Morgan fingerprint density at radius 2 is 1.15 bits per heavy atom. The molecule has 0 aromatic rings. The number of rotatable bonds is 8. The average Bonchev–Trinajstić information content (AvgIpc) is 2.38. The van der Waals surface area contributed by atoms with Crippen molar-refractivity contribution in [2.75, 3.05) is 54.5 Å². The zero-order valence-corrected chi connectivity index (χ0v) is 12.9. The van der Waals surface area contributed by atoms with Gasteiger partial charge < -0.3 is 19.3 Å². The maximum atomic E-state index is 10.4. The van der Waals surface area contributed by atoms with Crippen LogP contribution in [0.2, 0.25) is 0 Å². The third kappa shape index (κ3) is 18.7. The summed E-state index contributed by atoms with van der Waals surface area (Å²) in [6.07, 6.45) is 2.32. The van der Waals surface area contributed by atoms with E-state index in [0.29, 0.717) is 13.2 Å². The van der Waals surface area contributed by atoms with Gasteiger partial charge in [-0.2, -0.15) is 0 Å². The fourth-order valence-corrected chi connectivity index (χ4v) is 0.775. The number of hydrogen-bond acceptors (Lipinski definition) is 6. The van der Waals surface area contributed by atoms with Gasteiger partial charge in [0.1, 0.15) is 13.2 Å². The average molecular weight is 286 g/mol. The highest BCUT2D eigenvalue weighted by atomic mass is 16.5. The van der Waals surface area contributed by atoms with Crippen LogP contribution in [0.4, 0.5) is 0 Å². The van der Waals surface area contributed by atoms with E-state index in [-0.39, 0.29) is 11.9 Å². The van der Waals surface area contributed by atoms with Crippen LogP contribution < -0.4 is 0 Å². The zero-order chi connectivity index (χ0) is 16.0. The van der Waals surface area contributed by atoms with Gasteiger partial charge in [-0.3, -0.25) is 0 Å².